The zero-order chi connectivity index (χ0) is 13.0. The number of piperidine rings is 1. The molecule has 0 bridgehead atoms. The van der Waals surface area contributed by atoms with Crippen LogP contribution in [-0.4, -0.2) is 43.5 Å². The average molecular weight is 247 g/mol. The van der Waals surface area contributed by atoms with E-state index < -0.39 is 0 Å². The van der Waals surface area contributed by atoms with E-state index in [1.165, 1.54) is 31.4 Å². The topological polar surface area (TPSA) is 32.5 Å². The standard InChI is InChI=1S/C15H25N3/c1-17(2)11-12-18-10-4-3-5-15(18)13-6-8-14(16)9-7-13/h6-9,15H,3-5,10-12,16H2,1-2H3. The molecule has 1 heterocycles. The smallest absolute Gasteiger partial charge is 0.0348 e. The number of nitrogen functional groups attached to an aromatic ring is 1. The van der Waals surface area contributed by atoms with Crippen LogP contribution in [0.4, 0.5) is 5.69 Å². The summed E-state index contributed by atoms with van der Waals surface area (Å²) in [7, 11) is 4.28. The molecule has 3 nitrogen and oxygen atoms in total. The van der Waals surface area contributed by atoms with Gasteiger partial charge in [-0.05, 0) is 51.2 Å². The van der Waals surface area contributed by atoms with Crippen molar-refractivity contribution in [3.05, 3.63) is 29.8 Å². The van der Waals surface area contributed by atoms with Crippen molar-refractivity contribution in [2.75, 3.05) is 39.5 Å². The molecular formula is C15H25N3. The number of anilines is 1. The molecule has 1 atom stereocenters. The molecule has 2 rings (SSSR count). The summed E-state index contributed by atoms with van der Waals surface area (Å²) in [5.74, 6) is 0. The van der Waals surface area contributed by atoms with Gasteiger partial charge >= 0.3 is 0 Å². The SMILES string of the molecule is CN(C)CCN1CCCCC1c1ccc(N)cc1. The Morgan fingerprint density at radius 2 is 1.94 bits per heavy atom. The third-order valence-electron chi connectivity index (χ3n) is 3.77. The van der Waals surface area contributed by atoms with Crippen molar-refractivity contribution >= 4 is 5.69 Å². The Morgan fingerprint density at radius 3 is 2.61 bits per heavy atom. The Labute approximate surface area is 111 Å². The first-order chi connectivity index (χ1) is 8.66. The van der Waals surface area contributed by atoms with E-state index in [9.17, 15) is 0 Å². The van der Waals surface area contributed by atoms with Crippen LogP contribution in [0.2, 0.25) is 0 Å². The fourth-order valence-corrected chi connectivity index (χ4v) is 2.68. The minimum atomic E-state index is 0.583. The number of likely N-dealkylation sites (tertiary alicyclic amines) is 1. The first kappa shape index (κ1) is 13.4. The van der Waals surface area contributed by atoms with Gasteiger partial charge in [0.25, 0.3) is 0 Å². The highest BCUT2D eigenvalue weighted by Gasteiger charge is 2.23. The lowest BCUT2D eigenvalue weighted by Gasteiger charge is -2.36. The molecule has 2 N–H and O–H groups in total. The summed E-state index contributed by atoms with van der Waals surface area (Å²) in [5.41, 5.74) is 8.04. The van der Waals surface area contributed by atoms with Crippen molar-refractivity contribution in [1.82, 2.24) is 9.80 Å². The van der Waals surface area contributed by atoms with Gasteiger partial charge in [-0.2, -0.15) is 0 Å². The molecule has 0 aliphatic carbocycles. The van der Waals surface area contributed by atoms with E-state index >= 15 is 0 Å². The molecule has 1 fully saturated rings. The van der Waals surface area contributed by atoms with Crippen LogP contribution in [0, 0.1) is 0 Å². The molecule has 18 heavy (non-hydrogen) atoms. The Hall–Kier alpha value is -1.06. The largest absolute Gasteiger partial charge is 0.399 e. The predicted molar refractivity (Wildman–Crippen MR) is 77.6 cm³/mol. The van der Waals surface area contributed by atoms with Crippen LogP contribution in [-0.2, 0) is 0 Å². The first-order valence-electron chi connectivity index (χ1n) is 6.91. The van der Waals surface area contributed by atoms with E-state index in [0.29, 0.717) is 6.04 Å². The molecule has 1 aromatic carbocycles. The molecule has 100 valence electrons. The maximum Gasteiger partial charge on any atom is 0.0348 e. The molecular weight excluding hydrogens is 222 g/mol. The number of nitrogens with two attached hydrogens (primary N) is 1. The second-order valence-corrected chi connectivity index (χ2v) is 5.52. The Balaban J connectivity index is 2.05. The molecule has 3 heteroatoms. The fraction of sp³-hybridized carbons (Fsp3) is 0.600. The Kier molecular flexibility index (Phi) is 4.61. The molecule has 1 aliphatic heterocycles. The van der Waals surface area contributed by atoms with E-state index in [-0.39, 0.29) is 0 Å². The van der Waals surface area contributed by atoms with Gasteiger partial charge in [0, 0.05) is 24.8 Å². The summed E-state index contributed by atoms with van der Waals surface area (Å²) in [5, 5.41) is 0. The third-order valence-corrected chi connectivity index (χ3v) is 3.77. The van der Waals surface area contributed by atoms with Crippen molar-refractivity contribution in [2.24, 2.45) is 0 Å². The normalized spacial score (nSPS) is 21.4. The molecule has 0 amide bonds. The molecule has 1 aliphatic rings. The highest BCUT2D eigenvalue weighted by atomic mass is 15.2. The number of hydrogen-bond acceptors (Lipinski definition) is 3. The minimum Gasteiger partial charge on any atom is -0.399 e. The molecule has 0 saturated carbocycles. The van der Waals surface area contributed by atoms with Gasteiger partial charge in [0.05, 0.1) is 0 Å². The zero-order valence-corrected chi connectivity index (χ0v) is 11.6. The van der Waals surface area contributed by atoms with E-state index in [1.54, 1.807) is 0 Å². The van der Waals surface area contributed by atoms with Crippen molar-refractivity contribution in [3.8, 4) is 0 Å². The number of benzene rings is 1. The maximum atomic E-state index is 5.77. The van der Waals surface area contributed by atoms with Crippen molar-refractivity contribution < 1.29 is 0 Å². The van der Waals surface area contributed by atoms with E-state index in [2.05, 4.69) is 36.0 Å². The van der Waals surface area contributed by atoms with Crippen molar-refractivity contribution in [1.29, 1.82) is 0 Å². The summed E-state index contributed by atoms with van der Waals surface area (Å²) < 4.78 is 0. The lowest BCUT2D eigenvalue weighted by atomic mass is 9.95. The van der Waals surface area contributed by atoms with Crippen LogP contribution < -0.4 is 5.73 Å². The zero-order valence-electron chi connectivity index (χ0n) is 11.6. The van der Waals surface area contributed by atoms with Crippen LogP contribution in [0.15, 0.2) is 24.3 Å². The Bertz CT molecular complexity index is 359. The van der Waals surface area contributed by atoms with Crippen LogP contribution in [0.1, 0.15) is 30.9 Å². The number of likely N-dealkylation sites (N-methyl/N-ethyl adjacent to an activating group) is 1. The average Bonchev–Trinajstić information content (AvgIpc) is 2.38. The first-order valence-corrected chi connectivity index (χ1v) is 6.91. The fourth-order valence-electron chi connectivity index (χ4n) is 2.68. The number of rotatable bonds is 4. The van der Waals surface area contributed by atoms with Crippen molar-refractivity contribution in [3.63, 3.8) is 0 Å². The van der Waals surface area contributed by atoms with Gasteiger partial charge in [-0.1, -0.05) is 18.6 Å². The lowest BCUT2D eigenvalue weighted by molar-refractivity contribution is 0.137. The van der Waals surface area contributed by atoms with Gasteiger partial charge in [-0.15, -0.1) is 0 Å². The Morgan fingerprint density at radius 1 is 1.22 bits per heavy atom. The molecule has 0 radical (unpaired) electrons. The van der Waals surface area contributed by atoms with Gasteiger partial charge in [0.2, 0.25) is 0 Å². The lowest BCUT2D eigenvalue weighted by Crippen LogP contribution is -2.38. The van der Waals surface area contributed by atoms with Crippen LogP contribution in [0.3, 0.4) is 0 Å². The second-order valence-electron chi connectivity index (χ2n) is 5.52. The third kappa shape index (κ3) is 3.47. The van der Waals surface area contributed by atoms with Gasteiger partial charge in [0.1, 0.15) is 0 Å². The van der Waals surface area contributed by atoms with E-state index in [4.69, 9.17) is 5.73 Å². The van der Waals surface area contributed by atoms with E-state index in [0.717, 1.165) is 18.8 Å². The van der Waals surface area contributed by atoms with E-state index in [1.807, 2.05) is 12.1 Å². The molecule has 1 aromatic rings. The summed E-state index contributed by atoms with van der Waals surface area (Å²) in [6.45, 7) is 3.51. The van der Waals surface area contributed by atoms with Crippen LogP contribution in [0.5, 0.6) is 0 Å². The minimum absolute atomic E-state index is 0.583. The van der Waals surface area contributed by atoms with Gasteiger partial charge in [-0.3, -0.25) is 4.90 Å². The molecule has 0 aromatic heterocycles. The second kappa shape index (κ2) is 6.21. The highest BCUT2D eigenvalue weighted by Crippen LogP contribution is 2.30. The molecule has 1 unspecified atom stereocenters. The van der Waals surface area contributed by atoms with Gasteiger partial charge in [0.15, 0.2) is 0 Å². The predicted octanol–water partition coefficient (Wildman–Crippen LogP) is 2.36. The monoisotopic (exact) mass is 247 g/mol. The van der Waals surface area contributed by atoms with Gasteiger partial charge in [-0.25, -0.2) is 0 Å². The summed E-state index contributed by atoms with van der Waals surface area (Å²) in [6.07, 6.45) is 3.95. The maximum absolute atomic E-state index is 5.77. The molecule has 0 spiro atoms. The van der Waals surface area contributed by atoms with Crippen LogP contribution >= 0.6 is 0 Å². The number of hydrogen-bond donors (Lipinski definition) is 1. The summed E-state index contributed by atoms with van der Waals surface area (Å²) in [4.78, 5) is 4.88. The summed E-state index contributed by atoms with van der Waals surface area (Å²) >= 11 is 0. The van der Waals surface area contributed by atoms with Crippen molar-refractivity contribution in [2.45, 2.75) is 25.3 Å². The number of nitrogens with zero attached hydrogens (tertiary/aromatic N) is 2. The van der Waals surface area contributed by atoms with Crippen LogP contribution in [0.25, 0.3) is 0 Å². The summed E-state index contributed by atoms with van der Waals surface area (Å²) in [6, 6.07) is 9.00. The highest BCUT2D eigenvalue weighted by molar-refractivity contribution is 5.40. The van der Waals surface area contributed by atoms with Gasteiger partial charge < -0.3 is 10.6 Å². The quantitative estimate of drug-likeness (QED) is 0.829. The molecule has 1 saturated heterocycles.